The minimum atomic E-state index is -3.41. The summed E-state index contributed by atoms with van der Waals surface area (Å²) in [7, 11) is -3.41. The van der Waals surface area contributed by atoms with Gasteiger partial charge in [-0.2, -0.15) is 0 Å². The highest BCUT2D eigenvalue weighted by Gasteiger charge is 2.30. The van der Waals surface area contributed by atoms with Crippen molar-refractivity contribution < 1.29 is 21.6 Å². The number of hydrogen-bond donors (Lipinski definition) is 1. The second-order valence-corrected chi connectivity index (χ2v) is 9.44. The number of anilines is 1. The summed E-state index contributed by atoms with van der Waals surface area (Å²) >= 11 is 0. The van der Waals surface area contributed by atoms with Crippen LogP contribution in [-0.4, -0.2) is 54.5 Å². The summed E-state index contributed by atoms with van der Waals surface area (Å²) in [5.74, 6) is -1.22. The molecular formula is C19H20F3N5O2S. The maximum absolute atomic E-state index is 14.6. The quantitative estimate of drug-likeness (QED) is 0.669. The monoisotopic (exact) mass is 439 g/mol. The first-order valence-corrected chi connectivity index (χ1v) is 11.2. The van der Waals surface area contributed by atoms with Crippen LogP contribution in [0.5, 0.6) is 0 Å². The lowest BCUT2D eigenvalue weighted by atomic mass is 10.1. The van der Waals surface area contributed by atoms with E-state index < -0.39 is 33.7 Å². The van der Waals surface area contributed by atoms with E-state index in [4.69, 9.17) is 5.73 Å². The molecule has 0 radical (unpaired) electrons. The van der Waals surface area contributed by atoms with E-state index in [-0.39, 0.29) is 35.4 Å². The van der Waals surface area contributed by atoms with Gasteiger partial charge in [0, 0.05) is 37.7 Å². The molecule has 1 fully saturated rings. The van der Waals surface area contributed by atoms with Crippen LogP contribution < -0.4 is 10.6 Å². The highest BCUT2D eigenvalue weighted by molar-refractivity contribution is 7.90. The number of pyridine rings is 1. The average Bonchev–Trinajstić information content (AvgIpc) is 3.02. The van der Waals surface area contributed by atoms with Crippen molar-refractivity contribution >= 4 is 26.8 Å². The number of alkyl halides is 1. The van der Waals surface area contributed by atoms with Gasteiger partial charge in [0.05, 0.1) is 28.7 Å². The first-order valence-electron chi connectivity index (χ1n) is 9.28. The second kappa shape index (κ2) is 7.55. The van der Waals surface area contributed by atoms with Crippen molar-refractivity contribution in [3.8, 4) is 0 Å². The lowest BCUT2D eigenvalue weighted by molar-refractivity contribution is 0.243. The van der Waals surface area contributed by atoms with Gasteiger partial charge >= 0.3 is 0 Å². The Kier molecular flexibility index (Phi) is 5.18. The fourth-order valence-electron chi connectivity index (χ4n) is 3.58. The maximum atomic E-state index is 14.6. The molecule has 3 aromatic rings. The molecule has 11 heteroatoms. The topological polar surface area (TPSA) is 94.1 Å². The fourth-order valence-corrected chi connectivity index (χ4v) is 4.14. The van der Waals surface area contributed by atoms with E-state index in [0.29, 0.717) is 18.2 Å². The third-order valence-electron chi connectivity index (χ3n) is 5.14. The number of nitrogens with zero attached hydrogens (tertiary/aromatic N) is 4. The van der Waals surface area contributed by atoms with Gasteiger partial charge in [-0.05, 0) is 18.6 Å². The predicted octanol–water partition coefficient (Wildman–Crippen LogP) is 2.04. The van der Waals surface area contributed by atoms with Crippen LogP contribution in [0.1, 0.15) is 12.1 Å². The highest BCUT2D eigenvalue weighted by atomic mass is 32.2. The van der Waals surface area contributed by atoms with Crippen LogP contribution in [0, 0.1) is 11.6 Å². The zero-order chi connectivity index (χ0) is 21.6. The van der Waals surface area contributed by atoms with E-state index in [1.54, 1.807) is 4.90 Å². The van der Waals surface area contributed by atoms with E-state index in [2.05, 4.69) is 9.97 Å². The van der Waals surface area contributed by atoms with Gasteiger partial charge < -0.3 is 15.2 Å². The number of nitrogens with two attached hydrogens (primary N) is 1. The molecule has 0 saturated carbocycles. The Labute approximate surface area is 171 Å². The molecule has 0 aliphatic carbocycles. The minimum Gasteiger partial charge on any atom is -0.340 e. The molecule has 1 aliphatic rings. The Morgan fingerprint density at radius 3 is 2.67 bits per heavy atom. The number of hydrogen-bond acceptors (Lipinski definition) is 6. The van der Waals surface area contributed by atoms with E-state index >= 15 is 0 Å². The van der Waals surface area contributed by atoms with Crippen LogP contribution in [0.25, 0.3) is 11.0 Å². The summed E-state index contributed by atoms with van der Waals surface area (Å²) in [6.45, 7) is 0.557. The van der Waals surface area contributed by atoms with Gasteiger partial charge in [0.25, 0.3) is 0 Å². The molecule has 30 heavy (non-hydrogen) atoms. The lowest BCUT2D eigenvalue weighted by Crippen LogP contribution is -2.50. The molecule has 2 unspecified atom stereocenters. The molecule has 160 valence electrons. The summed E-state index contributed by atoms with van der Waals surface area (Å²) in [5, 5.41) is 0. The van der Waals surface area contributed by atoms with Gasteiger partial charge in [-0.3, -0.25) is 4.98 Å². The molecule has 1 aliphatic heterocycles. The number of halogens is 3. The van der Waals surface area contributed by atoms with E-state index in [1.165, 1.54) is 22.9 Å². The summed E-state index contributed by atoms with van der Waals surface area (Å²) in [5.41, 5.74) is 6.51. The number of fused-ring (bicyclic) bond motifs is 1. The molecule has 1 saturated heterocycles. The van der Waals surface area contributed by atoms with Crippen molar-refractivity contribution in [2.45, 2.75) is 30.1 Å². The largest absolute Gasteiger partial charge is 0.340 e. The van der Waals surface area contributed by atoms with Crippen molar-refractivity contribution in [2.24, 2.45) is 5.73 Å². The first-order chi connectivity index (χ1) is 14.1. The van der Waals surface area contributed by atoms with Gasteiger partial charge in [-0.25, -0.2) is 26.6 Å². The smallest absolute Gasteiger partial charge is 0.207 e. The minimum absolute atomic E-state index is 0.0587. The Balaban J connectivity index is 1.78. The number of imidazole rings is 1. The molecule has 0 bridgehead atoms. The van der Waals surface area contributed by atoms with Crippen LogP contribution in [-0.2, 0) is 16.4 Å². The summed E-state index contributed by atoms with van der Waals surface area (Å²) in [4.78, 5) is 10.3. The lowest BCUT2D eigenvalue weighted by Gasteiger charge is -2.34. The van der Waals surface area contributed by atoms with Crippen LogP contribution >= 0.6 is 0 Å². The number of aromatic nitrogens is 3. The molecule has 0 amide bonds. The Morgan fingerprint density at radius 2 is 2.03 bits per heavy atom. The standard InChI is InChI=1S/C19H20F3N5O2S/c1-30(28,29)13-3-2-12(24-8-13)9-27-18-15(22)6-11(20)7-17(18)25-19(27)26-5-4-14(21)16(23)10-26/h2-3,6-8,14,16H,4-5,9-10,23H2,1H3. The third-order valence-corrected chi connectivity index (χ3v) is 6.24. The Hall–Kier alpha value is -2.66. The van der Waals surface area contributed by atoms with Gasteiger partial charge in [-0.1, -0.05) is 0 Å². The van der Waals surface area contributed by atoms with Crippen molar-refractivity contribution in [1.82, 2.24) is 14.5 Å². The third kappa shape index (κ3) is 3.86. The van der Waals surface area contributed by atoms with Crippen LogP contribution in [0.4, 0.5) is 19.1 Å². The maximum Gasteiger partial charge on any atom is 0.207 e. The molecule has 3 heterocycles. The molecule has 7 nitrogen and oxygen atoms in total. The van der Waals surface area contributed by atoms with Gasteiger partial charge in [-0.15, -0.1) is 0 Å². The van der Waals surface area contributed by atoms with E-state index in [9.17, 15) is 21.6 Å². The summed E-state index contributed by atoms with van der Waals surface area (Å²) in [6, 6.07) is 4.11. The van der Waals surface area contributed by atoms with E-state index in [1.807, 2.05) is 0 Å². The SMILES string of the molecule is CS(=O)(=O)c1ccc(Cn2c(N3CCC(F)C(N)C3)nc3cc(F)cc(F)c32)nc1. The molecule has 1 aromatic carbocycles. The fraction of sp³-hybridized carbons (Fsp3) is 0.368. The Morgan fingerprint density at radius 1 is 1.27 bits per heavy atom. The zero-order valence-electron chi connectivity index (χ0n) is 16.1. The van der Waals surface area contributed by atoms with Crippen molar-refractivity contribution in [3.63, 3.8) is 0 Å². The molecule has 2 atom stereocenters. The van der Waals surface area contributed by atoms with Gasteiger partial charge in [0.15, 0.2) is 15.7 Å². The van der Waals surface area contributed by atoms with Gasteiger partial charge in [0.2, 0.25) is 5.95 Å². The first kappa shape index (κ1) is 20.6. The summed E-state index contributed by atoms with van der Waals surface area (Å²) in [6.07, 6.45) is 1.36. The molecule has 2 N–H and O–H groups in total. The van der Waals surface area contributed by atoms with Gasteiger partial charge in [0.1, 0.15) is 17.5 Å². The van der Waals surface area contributed by atoms with Crippen LogP contribution in [0.15, 0.2) is 35.4 Å². The number of benzene rings is 1. The normalized spacial score (nSPS) is 20.1. The average molecular weight is 439 g/mol. The van der Waals surface area contributed by atoms with Crippen LogP contribution in [0.2, 0.25) is 0 Å². The molecule has 2 aromatic heterocycles. The Bertz CT molecular complexity index is 1200. The number of sulfone groups is 1. The zero-order valence-corrected chi connectivity index (χ0v) is 16.9. The van der Waals surface area contributed by atoms with Crippen molar-refractivity contribution in [2.75, 3.05) is 24.2 Å². The van der Waals surface area contributed by atoms with Crippen molar-refractivity contribution in [1.29, 1.82) is 0 Å². The molecule has 0 spiro atoms. The second-order valence-electron chi connectivity index (χ2n) is 7.43. The molecular weight excluding hydrogens is 419 g/mol. The summed E-state index contributed by atoms with van der Waals surface area (Å²) < 4.78 is 67.0. The predicted molar refractivity (Wildman–Crippen MR) is 106 cm³/mol. The van der Waals surface area contributed by atoms with E-state index in [0.717, 1.165) is 18.4 Å². The molecule has 4 rings (SSSR count). The number of rotatable bonds is 4. The van der Waals surface area contributed by atoms with Crippen molar-refractivity contribution in [3.05, 3.63) is 47.8 Å². The van der Waals surface area contributed by atoms with Crippen LogP contribution in [0.3, 0.4) is 0 Å². The number of piperidine rings is 1. The highest BCUT2D eigenvalue weighted by Crippen LogP contribution is 2.29.